The number of thiazole rings is 1. The van der Waals surface area contributed by atoms with Gasteiger partial charge in [-0.2, -0.15) is 0 Å². The van der Waals surface area contributed by atoms with Gasteiger partial charge in [0.1, 0.15) is 9.88 Å². The molecule has 0 bridgehead atoms. The summed E-state index contributed by atoms with van der Waals surface area (Å²) in [5, 5.41) is 19.2. The lowest BCUT2D eigenvalue weighted by Crippen LogP contribution is -1.90. The van der Waals surface area contributed by atoms with E-state index in [1.807, 2.05) is 0 Å². The number of hydrogen-bond donors (Lipinski definition) is 2. The molecule has 7 heteroatoms. The molecule has 0 atom stereocenters. The van der Waals surface area contributed by atoms with Crippen LogP contribution in [0.1, 0.15) is 20.2 Å². The zero-order chi connectivity index (χ0) is 15.4. The smallest absolute Gasteiger partial charge is 0.347 e. The molecular weight excluding hydrogens is 294 g/mol. The molecule has 21 heavy (non-hydrogen) atoms. The van der Waals surface area contributed by atoms with Crippen LogP contribution in [0.25, 0.3) is 12.2 Å². The molecule has 0 aliphatic heterocycles. The second kappa shape index (κ2) is 6.27. The molecule has 1 aromatic heterocycles. The molecule has 2 N–H and O–H groups in total. The van der Waals surface area contributed by atoms with Gasteiger partial charge in [0.05, 0.1) is 20.4 Å². The average molecular weight is 307 g/mol. The van der Waals surface area contributed by atoms with E-state index in [4.69, 9.17) is 14.6 Å². The molecule has 2 aromatic rings. The molecule has 0 saturated carbocycles. The Morgan fingerprint density at radius 1 is 1.24 bits per heavy atom. The van der Waals surface area contributed by atoms with Crippen LogP contribution in [0.4, 0.5) is 0 Å². The average Bonchev–Trinajstić information content (AvgIpc) is 2.95. The molecule has 0 aliphatic carbocycles. The number of aromatic nitrogens is 1. The number of carboxylic acids is 1. The Labute approximate surface area is 124 Å². The minimum atomic E-state index is -1.000. The predicted octanol–water partition coefficient (Wildman–Crippen LogP) is 2.73. The maximum Gasteiger partial charge on any atom is 0.347 e. The number of phenolic OH excluding ortho intramolecular Hbond substituents is 1. The fourth-order valence-corrected chi connectivity index (χ4v) is 2.30. The van der Waals surface area contributed by atoms with Crippen molar-refractivity contribution >= 4 is 29.5 Å². The van der Waals surface area contributed by atoms with E-state index in [2.05, 4.69) is 4.98 Å². The van der Waals surface area contributed by atoms with Gasteiger partial charge in [-0.3, -0.25) is 0 Å². The summed E-state index contributed by atoms with van der Waals surface area (Å²) in [5.41, 5.74) is 0.730. The third-order valence-corrected chi connectivity index (χ3v) is 3.61. The molecule has 0 unspecified atom stereocenters. The molecule has 1 aromatic carbocycles. The van der Waals surface area contributed by atoms with E-state index in [-0.39, 0.29) is 10.6 Å². The van der Waals surface area contributed by atoms with E-state index in [1.54, 1.807) is 24.3 Å². The van der Waals surface area contributed by atoms with Crippen LogP contribution >= 0.6 is 11.3 Å². The number of phenols is 1. The summed E-state index contributed by atoms with van der Waals surface area (Å²) in [4.78, 5) is 14.9. The Morgan fingerprint density at radius 2 is 1.86 bits per heavy atom. The minimum absolute atomic E-state index is 0.0698. The second-order valence-corrected chi connectivity index (χ2v) is 5.04. The Morgan fingerprint density at radius 3 is 2.33 bits per heavy atom. The van der Waals surface area contributed by atoms with E-state index in [1.165, 1.54) is 20.4 Å². The summed E-state index contributed by atoms with van der Waals surface area (Å²) in [5.74, 6) is -0.488. The lowest BCUT2D eigenvalue weighted by atomic mass is 10.1. The van der Waals surface area contributed by atoms with Crippen molar-refractivity contribution in [3.63, 3.8) is 0 Å². The molecular formula is C14H13NO5S. The Kier molecular flexibility index (Phi) is 4.44. The van der Waals surface area contributed by atoms with Crippen molar-refractivity contribution in [2.45, 2.75) is 0 Å². The molecule has 2 rings (SSSR count). The van der Waals surface area contributed by atoms with E-state index in [0.717, 1.165) is 16.9 Å². The number of benzene rings is 1. The van der Waals surface area contributed by atoms with Gasteiger partial charge in [-0.05, 0) is 23.8 Å². The highest BCUT2D eigenvalue weighted by molar-refractivity contribution is 7.14. The second-order valence-electron chi connectivity index (χ2n) is 3.98. The van der Waals surface area contributed by atoms with Gasteiger partial charge >= 0.3 is 5.97 Å². The van der Waals surface area contributed by atoms with Gasteiger partial charge in [-0.15, -0.1) is 11.3 Å². The van der Waals surface area contributed by atoms with E-state index < -0.39 is 5.97 Å². The lowest BCUT2D eigenvalue weighted by Gasteiger charge is -2.09. The van der Waals surface area contributed by atoms with Crippen LogP contribution in [0.2, 0.25) is 0 Å². The van der Waals surface area contributed by atoms with Crippen molar-refractivity contribution in [2.75, 3.05) is 14.2 Å². The fourth-order valence-electron chi connectivity index (χ4n) is 1.64. The van der Waals surface area contributed by atoms with Crippen molar-refractivity contribution in [3.8, 4) is 17.2 Å². The van der Waals surface area contributed by atoms with Crippen LogP contribution in [0, 0.1) is 0 Å². The van der Waals surface area contributed by atoms with Crippen LogP contribution in [-0.4, -0.2) is 35.4 Å². The van der Waals surface area contributed by atoms with Gasteiger partial charge < -0.3 is 19.7 Å². The summed E-state index contributed by atoms with van der Waals surface area (Å²) in [6, 6.07) is 3.28. The highest BCUT2D eigenvalue weighted by Gasteiger charge is 2.10. The van der Waals surface area contributed by atoms with Crippen LogP contribution < -0.4 is 9.47 Å². The van der Waals surface area contributed by atoms with Gasteiger partial charge in [0.2, 0.25) is 5.75 Å². The Balaban J connectivity index is 2.29. The number of carbonyl (C=O) groups is 1. The first-order chi connectivity index (χ1) is 10.0. The van der Waals surface area contributed by atoms with Crippen molar-refractivity contribution in [2.24, 2.45) is 0 Å². The van der Waals surface area contributed by atoms with Gasteiger partial charge in [-0.1, -0.05) is 6.08 Å². The van der Waals surface area contributed by atoms with Gasteiger partial charge in [0.15, 0.2) is 11.5 Å². The summed E-state index contributed by atoms with van der Waals surface area (Å²) < 4.78 is 10.1. The standard InChI is InChI=1S/C14H13NO5S/c1-19-9-5-8(6-10(20-2)13(9)16)3-4-12-15-7-11(21-12)14(17)18/h3-7,16H,1-2H3,(H,17,18). The number of rotatable bonds is 5. The number of hydrogen-bond acceptors (Lipinski definition) is 6. The number of carboxylic acid groups (broad SMARTS) is 1. The van der Waals surface area contributed by atoms with Crippen LogP contribution in [-0.2, 0) is 0 Å². The lowest BCUT2D eigenvalue weighted by molar-refractivity contribution is 0.0702. The molecule has 6 nitrogen and oxygen atoms in total. The van der Waals surface area contributed by atoms with Crippen molar-refractivity contribution < 1.29 is 24.5 Å². The van der Waals surface area contributed by atoms with Gasteiger partial charge in [-0.25, -0.2) is 9.78 Å². The molecule has 0 spiro atoms. The monoisotopic (exact) mass is 307 g/mol. The van der Waals surface area contributed by atoms with E-state index in [0.29, 0.717) is 16.5 Å². The largest absolute Gasteiger partial charge is 0.502 e. The summed E-state index contributed by atoms with van der Waals surface area (Å²) >= 11 is 1.07. The summed E-state index contributed by atoms with van der Waals surface area (Å²) in [6.07, 6.45) is 4.72. The summed E-state index contributed by atoms with van der Waals surface area (Å²) in [7, 11) is 2.89. The molecule has 110 valence electrons. The normalized spacial score (nSPS) is 10.8. The first-order valence-electron chi connectivity index (χ1n) is 5.87. The van der Waals surface area contributed by atoms with Crippen molar-refractivity contribution in [3.05, 3.63) is 33.8 Å². The minimum Gasteiger partial charge on any atom is -0.502 e. The number of methoxy groups -OCH3 is 2. The van der Waals surface area contributed by atoms with Gasteiger partial charge in [0.25, 0.3) is 0 Å². The van der Waals surface area contributed by atoms with Crippen molar-refractivity contribution in [1.29, 1.82) is 0 Å². The maximum atomic E-state index is 10.8. The van der Waals surface area contributed by atoms with E-state index in [9.17, 15) is 9.90 Å². The van der Waals surface area contributed by atoms with Crippen molar-refractivity contribution in [1.82, 2.24) is 4.98 Å². The highest BCUT2D eigenvalue weighted by atomic mass is 32.1. The molecule has 0 fully saturated rings. The van der Waals surface area contributed by atoms with Crippen LogP contribution in [0.15, 0.2) is 18.3 Å². The highest BCUT2D eigenvalue weighted by Crippen LogP contribution is 2.37. The van der Waals surface area contributed by atoms with Gasteiger partial charge in [0, 0.05) is 0 Å². The molecule has 0 saturated heterocycles. The van der Waals surface area contributed by atoms with E-state index >= 15 is 0 Å². The van der Waals surface area contributed by atoms with Crippen LogP contribution in [0.5, 0.6) is 17.2 Å². The number of aromatic carboxylic acids is 1. The zero-order valence-electron chi connectivity index (χ0n) is 11.4. The fraction of sp³-hybridized carbons (Fsp3) is 0.143. The zero-order valence-corrected chi connectivity index (χ0v) is 12.2. The number of aromatic hydroxyl groups is 1. The first-order valence-corrected chi connectivity index (χ1v) is 6.69. The molecule has 0 amide bonds. The summed E-state index contributed by atoms with van der Waals surface area (Å²) in [6.45, 7) is 0. The Bertz CT molecular complexity index is 667. The quantitative estimate of drug-likeness (QED) is 0.883. The molecule has 0 aliphatic rings. The third kappa shape index (κ3) is 3.32. The topological polar surface area (TPSA) is 88.9 Å². The van der Waals surface area contributed by atoms with Crippen LogP contribution in [0.3, 0.4) is 0 Å². The molecule has 1 heterocycles. The number of ether oxygens (including phenoxy) is 2. The number of nitrogens with zero attached hydrogens (tertiary/aromatic N) is 1. The molecule has 0 radical (unpaired) electrons. The Hall–Kier alpha value is -2.54. The first kappa shape index (κ1) is 14.9. The third-order valence-electron chi connectivity index (χ3n) is 2.65. The predicted molar refractivity (Wildman–Crippen MR) is 79.2 cm³/mol. The SMILES string of the molecule is COc1cc(C=Cc2ncc(C(=O)O)s2)cc(OC)c1O. The maximum absolute atomic E-state index is 10.8.